The molecule has 0 aromatic carbocycles. The molecule has 26 heavy (non-hydrogen) atoms. The van der Waals surface area contributed by atoms with Gasteiger partial charge in [-0.3, -0.25) is 9.80 Å². The maximum Gasteiger partial charge on any atom is 0.128 e. The van der Waals surface area contributed by atoms with Gasteiger partial charge in [-0.1, -0.05) is 6.07 Å². The van der Waals surface area contributed by atoms with Crippen LogP contribution in [0.5, 0.6) is 0 Å². The summed E-state index contributed by atoms with van der Waals surface area (Å²) in [4.78, 5) is 18.6. The Bertz CT molecular complexity index is 708. The molecule has 0 N–H and O–H groups in total. The van der Waals surface area contributed by atoms with Crippen LogP contribution in [0.4, 0.5) is 5.82 Å². The zero-order chi connectivity index (χ0) is 17.3. The van der Waals surface area contributed by atoms with Crippen LogP contribution in [0.3, 0.4) is 0 Å². The molecule has 1 aliphatic carbocycles. The first kappa shape index (κ1) is 16.7. The Balaban J connectivity index is 1.09. The van der Waals surface area contributed by atoms with Gasteiger partial charge in [0.05, 0.1) is 12.2 Å². The predicted octanol–water partition coefficient (Wildman–Crippen LogP) is 2.42. The van der Waals surface area contributed by atoms with Crippen LogP contribution in [0.25, 0.3) is 0 Å². The molecule has 2 fully saturated rings. The van der Waals surface area contributed by atoms with Gasteiger partial charge in [-0.05, 0) is 37.8 Å². The van der Waals surface area contributed by atoms with Gasteiger partial charge in [0, 0.05) is 56.4 Å². The summed E-state index contributed by atoms with van der Waals surface area (Å²) in [7, 11) is 0. The number of aryl methyl sites for hydroxylation is 2. The molecule has 0 saturated carbocycles. The molecule has 2 saturated heterocycles. The van der Waals surface area contributed by atoms with Crippen LogP contribution in [0.2, 0.25) is 0 Å². The lowest BCUT2D eigenvalue weighted by Gasteiger charge is -2.48. The zero-order valence-corrected chi connectivity index (χ0v) is 16.1. The molecule has 2 aromatic heterocycles. The van der Waals surface area contributed by atoms with Gasteiger partial charge in [-0.15, -0.1) is 11.3 Å². The molecule has 0 radical (unpaired) electrons. The summed E-state index contributed by atoms with van der Waals surface area (Å²) in [6.45, 7) is 7.95. The number of likely N-dealkylation sites (tertiary alicyclic amines) is 1. The molecule has 0 unspecified atom stereocenters. The molecule has 3 aliphatic rings. The summed E-state index contributed by atoms with van der Waals surface area (Å²) in [6.07, 6.45) is 7.03. The lowest BCUT2D eigenvalue weighted by molar-refractivity contribution is 0.0255. The first-order valence-corrected chi connectivity index (χ1v) is 10.8. The van der Waals surface area contributed by atoms with Crippen molar-refractivity contribution in [2.75, 3.05) is 44.2 Å². The van der Waals surface area contributed by atoms with E-state index >= 15 is 0 Å². The van der Waals surface area contributed by atoms with Crippen LogP contribution >= 0.6 is 11.3 Å². The van der Waals surface area contributed by atoms with E-state index < -0.39 is 0 Å². The highest BCUT2D eigenvalue weighted by Crippen LogP contribution is 2.29. The van der Waals surface area contributed by atoms with Gasteiger partial charge < -0.3 is 4.90 Å². The number of aromatic nitrogens is 2. The molecule has 0 spiro atoms. The third-order valence-corrected chi connectivity index (χ3v) is 7.13. The van der Waals surface area contributed by atoms with E-state index in [0.29, 0.717) is 0 Å². The summed E-state index contributed by atoms with van der Waals surface area (Å²) in [5.41, 5.74) is 1.40. The van der Waals surface area contributed by atoms with E-state index in [2.05, 4.69) is 31.8 Å². The molecule has 6 heteroatoms. The molecule has 0 amide bonds. The second-order valence-electron chi connectivity index (χ2n) is 7.74. The predicted molar refractivity (Wildman–Crippen MR) is 106 cm³/mol. The van der Waals surface area contributed by atoms with Crippen molar-refractivity contribution >= 4 is 17.2 Å². The lowest BCUT2D eigenvalue weighted by atomic mass is 10.0. The third kappa shape index (κ3) is 3.38. The summed E-state index contributed by atoms with van der Waals surface area (Å²) in [5.74, 6) is 1.12. The van der Waals surface area contributed by atoms with Gasteiger partial charge in [0.1, 0.15) is 10.8 Å². The van der Waals surface area contributed by atoms with Crippen LogP contribution < -0.4 is 4.90 Å². The van der Waals surface area contributed by atoms with Crippen molar-refractivity contribution in [2.45, 2.75) is 38.3 Å². The number of rotatable bonds is 4. The molecule has 4 heterocycles. The van der Waals surface area contributed by atoms with E-state index in [1.165, 1.54) is 49.5 Å². The Hall–Kier alpha value is -1.50. The lowest BCUT2D eigenvalue weighted by Crippen LogP contribution is -2.62. The summed E-state index contributed by atoms with van der Waals surface area (Å²) >= 11 is 1.97. The van der Waals surface area contributed by atoms with Crippen LogP contribution in [-0.4, -0.2) is 65.1 Å². The minimum atomic E-state index is 0.732. The number of fused-ring (bicyclic) bond motifs is 1. The van der Waals surface area contributed by atoms with Crippen molar-refractivity contribution in [3.63, 3.8) is 0 Å². The van der Waals surface area contributed by atoms with Crippen LogP contribution in [0.15, 0.2) is 24.4 Å². The fraction of sp³-hybridized carbons (Fsp3) is 0.600. The quantitative estimate of drug-likeness (QED) is 0.827. The highest BCUT2D eigenvalue weighted by atomic mass is 32.1. The van der Waals surface area contributed by atoms with Crippen LogP contribution in [0, 0.1) is 0 Å². The van der Waals surface area contributed by atoms with Crippen molar-refractivity contribution in [2.24, 2.45) is 0 Å². The normalized spacial score (nSPS) is 22.2. The molecule has 138 valence electrons. The molecule has 2 aromatic rings. The maximum atomic E-state index is 4.90. The first-order valence-electron chi connectivity index (χ1n) is 9.95. The Morgan fingerprint density at radius 2 is 1.88 bits per heavy atom. The van der Waals surface area contributed by atoms with Crippen LogP contribution in [-0.2, 0) is 19.4 Å². The van der Waals surface area contributed by atoms with Gasteiger partial charge in [-0.2, -0.15) is 0 Å². The third-order valence-electron chi connectivity index (χ3n) is 5.99. The second kappa shape index (κ2) is 7.25. The second-order valence-corrected chi connectivity index (χ2v) is 8.91. The van der Waals surface area contributed by atoms with Crippen LogP contribution in [0.1, 0.15) is 28.4 Å². The van der Waals surface area contributed by atoms with Gasteiger partial charge in [0.25, 0.3) is 0 Å². The molecule has 5 nitrogen and oxygen atoms in total. The van der Waals surface area contributed by atoms with Gasteiger partial charge >= 0.3 is 0 Å². The molecule has 2 aliphatic heterocycles. The summed E-state index contributed by atoms with van der Waals surface area (Å²) in [5, 5.41) is 1.34. The number of piperazine rings is 1. The fourth-order valence-electron chi connectivity index (χ4n) is 4.42. The van der Waals surface area contributed by atoms with E-state index in [-0.39, 0.29) is 0 Å². The largest absolute Gasteiger partial charge is 0.354 e. The first-order chi connectivity index (χ1) is 12.8. The van der Waals surface area contributed by atoms with E-state index in [0.717, 1.165) is 44.6 Å². The van der Waals surface area contributed by atoms with Crippen molar-refractivity contribution in [1.82, 2.24) is 19.8 Å². The molecule has 0 atom stereocenters. The topological polar surface area (TPSA) is 35.5 Å². The van der Waals surface area contributed by atoms with E-state index in [4.69, 9.17) is 4.98 Å². The number of pyridine rings is 1. The Labute approximate surface area is 159 Å². The van der Waals surface area contributed by atoms with E-state index in [1.807, 2.05) is 23.6 Å². The van der Waals surface area contributed by atoms with Gasteiger partial charge in [0.15, 0.2) is 0 Å². The number of hydrogen-bond donors (Lipinski definition) is 0. The highest BCUT2D eigenvalue weighted by molar-refractivity contribution is 7.11. The van der Waals surface area contributed by atoms with E-state index in [1.54, 1.807) is 4.88 Å². The minimum Gasteiger partial charge on any atom is -0.354 e. The summed E-state index contributed by atoms with van der Waals surface area (Å²) < 4.78 is 0. The van der Waals surface area contributed by atoms with Gasteiger partial charge in [0.2, 0.25) is 0 Å². The smallest absolute Gasteiger partial charge is 0.128 e. The zero-order valence-electron chi connectivity index (χ0n) is 15.3. The van der Waals surface area contributed by atoms with Crippen molar-refractivity contribution in [3.05, 3.63) is 40.0 Å². The number of anilines is 1. The molecule has 0 bridgehead atoms. The standard InChI is InChI=1S/C20H27N5S/c1-2-6-18-17(5-1)22-20(26-18)15-23-13-16(14-23)24-9-11-25(12-10-24)19-7-3-4-8-21-19/h3-4,7-8,16H,1-2,5-6,9-15H2. The summed E-state index contributed by atoms with van der Waals surface area (Å²) in [6, 6.07) is 6.92. The average molecular weight is 370 g/mol. The Morgan fingerprint density at radius 3 is 2.65 bits per heavy atom. The van der Waals surface area contributed by atoms with Crippen molar-refractivity contribution < 1.29 is 0 Å². The minimum absolute atomic E-state index is 0.732. The Kier molecular flexibility index (Phi) is 4.65. The van der Waals surface area contributed by atoms with E-state index in [9.17, 15) is 0 Å². The molecular weight excluding hydrogens is 342 g/mol. The van der Waals surface area contributed by atoms with Gasteiger partial charge in [-0.25, -0.2) is 9.97 Å². The maximum absolute atomic E-state index is 4.90. The highest BCUT2D eigenvalue weighted by Gasteiger charge is 2.34. The van der Waals surface area contributed by atoms with Crippen molar-refractivity contribution in [3.8, 4) is 0 Å². The number of hydrogen-bond acceptors (Lipinski definition) is 6. The average Bonchev–Trinajstić information content (AvgIpc) is 3.08. The van der Waals surface area contributed by atoms with Crippen molar-refractivity contribution in [1.29, 1.82) is 0 Å². The number of nitrogens with zero attached hydrogens (tertiary/aromatic N) is 5. The Morgan fingerprint density at radius 1 is 1.04 bits per heavy atom. The molecule has 5 rings (SSSR count). The monoisotopic (exact) mass is 369 g/mol. The molecular formula is C20H27N5S. The fourth-order valence-corrected chi connectivity index (χ4v) is 5.62. The SMILES string of the molecule is c1ccc(N2CCN(C3CN(Cc4nc5c(s4)CCCC5)C3)CC2)nc1. The number of thiazole rings is 1.